The molecule has 29 heavy (non-hydrogen) atoms. The van der Waals surface area contributed by atoms with Crippen molar-refractivity contribution in [2.24, 2.45) is 0 Å². The van der Waals surface area contributed by atoms with Crippen molar-refractivity contribution < 1.29 is 13.2 Å². The van der Waals surface area contributed by atoms with Gasteiger partial charge in [-0.3, -0.25) is 5.32 Å². The van der Waals surface area contributed by atoms with Crippen LogP contribution in [0, 0.1) is 13.8 Å². The maximum Gasteiger partial charge on any atom is 0.321 e. The molecular weight excluding hydrogens is 408 g/mol. The molecule has 1 fully saturated rings. The number of nitrogens with one attached hydrogen (secondary N) is 2. The van der Waals surface area contributed by atoms with Crippen LogP contribution in [0.15, 0.2) is 23.1 Å². The number of carbonyl (C=O) groups is 1. The lowest BCUT2D eigenvalue weighted by Crippen LogP contribution is -2.36. The van der Waals surface area contributed by atoms with Crippen LogP contribution in [0.5, 0.6) is 0 Å². The van der Waals surface area contributed by atoms with E-state index in [1.54, 1.807) is 6.07 Å². The fourth-order valence-corrected chi connectivity index (χ4v) is 6.76. The molecule has 2 amide bonds. The molecule has 0 unspecified atom stereocenters. The third-order valence-corrected chi connectivity index (χ3v) is 8.55. The van der Waals surface area contributed by atoms with Crippen LogP contribution in [0.4, 0.5) is 9.93 Å². The molecule has 1 aromatic heterocycles. The molecule has 0 radical (unpaired) electrons. The summed E-state index contributed by atoms with van der Waals surface area (Å²) in [7, 11) is -3.57. The van der Waals surface area contributed by atoms with Crippen LogP contribution < -0.4 is 10.6 Å². The number of benzene rings is 1. The molecule has 9 heteroatoms. The number of thiazole rings is 1. The van der Waals surface area contributed by atoms with Crippen molar-refractivity contribution in [1.82, 2.24) is 14.6 Å². The summed E-state index contributed by atoms with van der Waals surface area (Å²) >= 11 is 1.35. The molecule has 2 N–H and O–H groups in total. The molecular formula is C20H26N4O3S2. The highest BCUT2D eigenvalue weighted by Gasteiger charge is 2.31. The van der Waals surface area contributed by atoms with Crippen molar-refractivity contribution >= 4 is 32.5 Å². The number of sulfonamides is 1. The largest absolute Gasteiger partial charge is 0.335 e. The smallest absolute Gasteiger partial charge is 0.321 e. The zero-order chi connectivity index (χ0) is 20.6. The zero-order valence-corrected chi connectivity index (χ0v) is 18.3. The number of fused-ring (bicyclic) bond motifs is 1. The van der Waals surface area contributed by atoms with Gasteiger partial charge in [0.15, 0.2) is 5.13 Å². The Labute approximate surface area is 175 Å². The lowest BCUT2D eigenvalue weighted by Gasteiger charge is -2.26. The number of urea groups is 1. The first-order valence-electron chi connectivity index (χ1n) is 9.96. The fraction of sp³-hybridized carbons (Fsp3) is 0.500. The molecule has 2 aliphatic rings. The predicted molar refractivity (Wildman–Crippen MR) is 114 cm³/mol. The van der Waals surface area contributed by atoms with Crippen molar-refractivity contribution in [2.75, 3.05) is 11.9 Å². The SMILES string of the molecule is Cc1ccc(C)c(S(=O)(=O)N2CCc3nc(NC(=O)NC4CCCC4)sc3C2)c1. The minimum absolute atomic E-state index is 0.233. The lowest BCUT2D eigenvalue weighted by molar-refractivity contribution is 0.248. The molecule has 2 aromatic rings. The van der Waals surface area contributed by atoms with Crippen molar-refractivity contribution in [3.63, 3.8) is 0 Å². The Morgan fingerprint density at radius 1 is 1.24 bits per heavy atom. The highest BCUT2D eigenvalue weighted by atomic mass is 32.2. The molecule has 7 nitrogen and oxygen atoms in total. The molecule has 1 aliphatic carbocycles. The first-order valence-corrected chi connectivity index (χ1v) is 12.2. The molecule has 0 atom stereocenters. The standard InChI is InChI=1S/C20H26N4O3S2/c1-13-7-8-14(2)18(11-13)29(26,27)24-10-9-16-17(12-24)28-20(22-16)23-19(25)21-15-5-3-4-6-15/h7-8,11,15H,3-6,9-10,12H2,1-2H3,(H2,21,22,23,25). The fourth-order valence-electron chi connectivity index (χ4n) is 3.94. The van der Waals surface area contributed by atoms with Gasteiger partial charge in [0.2, 0.25) is 10.0 Å². The number of nitrogens with zero attached hydrogens (tertiary/aromatic N) is 2. The van der Waals surface area contributed by atoms with Gasteiger partial charge in [0, 0.05) is 23.9 Å². The average molecular weight is 435 g/mol. The van der Waals surface area contributed by atoms with Crippen LogP contribution in [0.1, 0.15) is 47.4 Å². The maximum atomic E-state index is 13.2. The number of rotatable bonds is 4. The molecule has 2 heterocycles. The Balaban J connectivity index is 1.47. The van der Waals surface area contributed by atoms with Gasteiger partial charge in [0.1, 0.15) is 0 Å². The van der Waals surface area contributed by atoms with Crippen LogP contribution >= 0.6 is 11.3 Å². The Morgan fingerprint density at radius 2 is 2.00 bits per heavy atom. The first kappa shape index (κ1) is 20.3. The molecule has 1 aliphatic heterocycles. The van der Waals surface area contributed by atoms with Gasteiger partial charge >= 0.3 is 6.03 Å². The second kappa shape index (κ2) is 8.04. The Kier molecular flexibility index (Phi) is 5.63. The minimum atomic E-state index is -3.57. The summed E-state index contributed by atoms with van der Waals surface area (Å²) in [6.07, 6.45) is 4.89. The van der Waals surface area contributed by atoms with Crippen molar-refractivity contribution in [1.29, 1.82) is 0 Å². The summed E-state index contributed by atoms with van der Waals surface area (Å²) in [5.74, 6) is 0. The van der Waals surface area contributed by atoms with E-state index in [0.717, 1.165) is 47.4 Å². The minimum Gasteiger partial charge on any atom is -0.335 e. The van der Waals surface area contributed by atoms with Gasteiger partial charge in [-0.1, -0.05) is 36.3 Å². The maximum absolute atomic E-state index is 13.2. The predicted octanol–water partition coefficient (Wildman–Crippen LogP) is 3.57. The van der Waals surface area contributed by atoms with E-state index in [1.165, 1.54) is 15.6 Å². The second-order valence-electron chi connectivity index (χ2n) is 7.83. The topological polar surface area (TPSA) is 91.4 Å². The van der Waals surface area contributed by atoms with Crippen molar-refractivity contribution in [2.45, 2.75) is 63.4 Å². The molecule has 0 saturated heterocycles. The zero-order valence-electron chi connectivity index (χ0n) is 16.7. The second-order valence-corrected chi connectivity index (χ2v) is 10.8. The first-order chi connectivity index (χ1) is 13.8. The van der Waals surface area contributed by atoms with Gasteiger partial charge in [0.05, 0.1) is 17.1 Å². The van der Waals surface area contributed by atoms with E-state index in [0.29, 0.717) is 23.0 Å². The monoisotopic (exact) mass is 434 g/mol. The Bertz CT molecular complexity index is 1030. The summed E-state index contributed by atoms with van der Waals surface area (Å²) < 4.78 is 27.9. The summed E-state index contributed by atoms with van der Waals surface area (Å²) in [4.78, 5) is 18.0. The van der Waals surface area contributed by atoms with Crippen LogP contribution in [0.25, 0.3) is 0 Å². The molecule has 4 rings (SSSR count). The third kappa shape index (κ3) is 4.31. The highest BCUT2D eigenvalue weighted by molar-refractivity contribution is 7.89. The van der Waals surface area contributed by atoms with Crippen LogP contribution in [0.3, 0.4) is 0 Å². The van der Waals surface area contributed by atoms with Crippen LogP contribution in [-0.4, -0.2) is 36.3 Å². The average Bonchev–Trinajstić information content (AvgIpc) is 3.31. The van der Waals surface area contributed by atoms with Gasteiger partial charge in [-0.2, -0.15) is 4.31 Å². The molecule has 156 valence electrons. The van der Waals surface area contributed by atoms with Gasteiger partial charge in [-0.05, 0) is 43.9 Å². The number of amides is 2. The number of hydrogen-bond acceptors (Lipinski definition) is 5. The quantitative estimate of drug-likeness (QED) is 0.770. The number of anilines is 1. The van der Waals surface area contributed by atoms with Crippen LogP contribution in [-0.2, 0) is 23.0 Å². The van der Waals surface area contributed by atoms with E-state index < -0.39 is 10.0 Å². The third-order valence-electron chi connectivity index (χ3n) is 5.57. The summed E-state index contributed by atoms with van der Waals surface area (Å²) in [6, 6.07) is 5.49. The summed E-state index contributed by atoms with van der Waals surface area (Å²) in [5, 5.41) is 6.33. The highest BCUT2D eigenvalue weighted by Crippen LogP contribution is 2.32. The Morgan fingerprint density at radius 3 is 2.76 bits per heavy atom. The van der Waals surface area contributed by atoms with Gasteiger partial charge in [0.25, 0.3) is 0 Å². The van der Waals surface area contributed by atoms with Gasteiger partial charge in [-0.15, -0.1) is 0 Å². The van der Waals surface area contributed by atoms with Crippen molar-refractivity contribution in [3.8, 4) is 0 Å². The Hall–Kier alpha value is -1.97. The van der Waals surface area contributed by atoms with E-state index in [4.69, 9.17) is 0 Å². The number of hydrogen-bond donors (Lipinski definition) is 2. The van der Waals surface area contributed by atoms with E-state index in [9.17, 15) is 13.2 Å². The van der Waals surface area contributed by atoms with E-state index in [-0.39, 0.29) is 18.6 Å². The molecule has 1 aromatic carbocycles. The van der Waals surface area contributed by atoms with Gasteiger partial charge < -0.3 is 5.32 Å². The molecule has 1 saturated carbocycles. The number of aromatic nitrogens is 1. The lowest BCUT2D eigenvalue weighted by atomic mass is 10.2. The van der Waals surface area contributed by atoms with Crippen molar-refractivity contribution in [3.05, 3.63) is 39.9 Å². The molecule has 0 bridgehead atoms. The number of carbonyl (C=O) groups excluding carboxylic acids is 1. The van der Waals surface area contributed by atoms with Gasteiger partial charge in [-0.25, -0.2) is 18.2 Å². The van der Waals surface area contributed by atoms with E-state index in [1.807, 2.05) is 26.0 Å². The summed E-state index contributed by atoms with van der Waals surface area (Å²) in [5.41, 5.74) is 2.54. The van der Waals surface area contributed by atoms with E-state index in [2.05, 4.69) is 15.6 Å². The van der Waals surface area contributed by atoms with E-state index >= 15 is 0 Å². The van der Waals surface area contributed by atoms with Crippen LogP contribution in [0.2, 0.25) is 0 Å². The summed E-state index contributed by atoms with van der Waals surface area (Å²) in [6.45, 7) is 4.39. The molecule has 0 spiro atoms. The number of aryl methyl sites for hydroxylation is 2. The normalized spacial score (nSPS) is 17.9.